The minimum Gasteiger partial charge on any atom is -0.497 e. The highest BCUT2D eigenvalue weighted by atomic mass is 16.5. The second kappa shape index (κ2) is 4.02. The average Bonchev–Trinajstić information content (AvgIpc) is 2.36. The van der Waals surface area contributed by atoms with Crippen molar-refractivity contribution in [3.8, 4) is 5.75 Å². The van der Waals surface area contributed by atoms with E-state index in [-0.39, 0.29) is 0 Å². The van der Waals surface area contributed by atoms with E-state index in [1.807, 2.05) is 0 Å². The third-order valence-electron chi connectivity index (χ3n) is 4.85. The highest BCUT2D eigenvalue weighted by Crippen LogP contribution is 2.53. The van der Waals surface area contributed by atoms with E-state index in [1.54, 1.807) is 12.7 Å². The van der Waals surface area contributed by atoms with Crippen molar-refractivity contribution in [3.05, 3.63) is 29.3 Å². The van der Waals surface area contributed by atoms with Crippen LogP contribution in [0.25, 0.3) is 0 Å². The quantitative estimate of drug-likeness (QED) is 0.844. The largest absolute Gasteiger partial charge is 0.497 e. The van der Waals surface area contributed by atoms with Crippen LogP contribution in [0.4, 0.5) is 0 Å². The molecule has 4 atom stereocenters. The molecule has 0 heterocycles. The Kier molecular flexibility index (Phi) is 2.62. The molecule has 0 aliphatic heterocycles. The predicted octanol–water partition coefficient (Wildman–Crippen LogP) is 2.58. The number of benzene rings is 1. The lowest BCUT2D eigenvalue weighted by atomic mass is 9.54. The van der Waals surface area contributed by atoms with Gasteiger partial charge < -0.3 is 10.1 Å². The molecule has 1 saturated carbocycles. The molecule has 0 spiro atoms. The Morgan fingerprint density at radius 3 is 2.88 bits per heavy atom. The standard InChI is InChI=1S/C15H21NO/c1-9-14-12(15(9)16-2)7-5-10-4-6-11(17-3)8-13(10)14/h4,6,8-9,12,14-16H,5,7H2,1-3H3. The maximum atomic E-state index is 5.36. The first-order valence-electron chi connectivity index (χ1n) is 6.60. The Morgan fingerprint density at radius 2 is 2.18 bits per heavy atom. The number of ether oxygens (including phenoxy) is 1. The molecule has 0 saturated heterocycles. The van der Waals surface area contributed by atoms with E-state index in [4.69, 9.17) is 4.74 Å². The zero-order valence-corrected chi connectivity index (χ0v) is 10.9. The molecule has 3 rings (SSSR count). The SMILES string of the molecule is CNC1C(C)C2c3cc(OC)ccc3CCC12. The molecule has 0 bridgehead atoms. The molecule has 0 aromatic heterocycles. The number of hydrogen-bond acceptors (Lipinski definition) is 2. The van der Waals surface area contributed by atoms with Gasteiger partial charge in [0.05, 0.1) is 7.11 Å². The molecule has 1 aromatic carbocycles. The van der Waals surface area contributed by atoms with Crippen molar-refractivity contribution in [2.24, 2.45) is 11.8 Å². The molecule has 0 amide bonds. The number of nitrogens with one attached hydrogen (secondary N) is 1. The van der Waals surface area contributed by atoms with Crippen LogP contribution in [0.3, 0.4) is 0 Å². The van der Waals surface area contributed by atoms with Crippen LogP contribution in [0.5, 0.6) is 5.75 Å². The van der Waals surface area contributed by atoms with Crippen LogP contribution >= 0.6 is 0 Å². The van der Waals surface area contributed by atoms with Gasteiger partial charge in [0.15, 0.2) is 0 Å². The van der Waals surface area contributed by atoms with Crippen LogP contribution in [0.1, 0.15) is 30.4 Å². The summed E-state index contributed by atoms with van der Waals surface area (Å²) >= 11 is 0. The second-order valence-corrected chi connectivity index (χ2v) is 5.47. The molecule has 1 fully saturated rings. The van der Waals surface area contributed by atoms with Gasteiger partial charge in [0.1, 0.15) is 5.75 Å². The molecule has 2 aliphatic rings. The lowest BCUT2D eigenvalue weighted by Crippen LogP contribution is -2.56. The van der Waals surface area contributed by atoms with Gasteiger partial charge in [-0.25, -0.2) is 0 Å². The van der Waals surface area contributed by atoms with E-state index in [9.17, 15) is 0 Å². The third kappa shape index (κ3) is 1.50. The van der Waals surface area contributed by atoms with E-state index in [0.29, 0.717) is 6.04 Å². The normalized spacial score (nSPS) is 34.5. The van der Waals surface area contributed by atoms with Gasteiger partial charge in [-0.2, -0.15) is 0 Å². The van der Waals surface area contributed by atoms with Crippen LogP contribution in [0.15, 0.2) is 18.2 Å². The van der Waals surface area contributed by atoms with Gasteiger partial charge in [-0.15, -0.1) is 0 Å². The highest BCUT2D eigenvalue weighted by molar-refractivity contribution is 5.42. The maximum absolute atomic E-state index is 5.36. The topological polar surface area (TPSA) is 21.3 Å². The van der Waals surface area contributed by atoms with Gasteiger partial charge in [-0.1, -0.05) is 13.0 Å². The molecule has 17 heavy (non-hydrogen) atoms. The van der Waals surface area contributed by atoms with Crippen molar-refractivity contribution in [2.45, 2.75) is 31.7 Å². The molecule has 2 nitrogen and oxygen atoms in total. The smallest absolute Gasteiger partial charge is 0.119 e. The van der Waals surface area contributed by atoms with Crippen LogP contribution < -0.4 is 10.1 Å². The van der Waals surface area contributed by atoms with Gasteiger partial charge in [0, 0.05) is 6.04 Å². The number of methoxy groups -OCH3 is 1. The Bertz CT molecular complexity index is 429. The van der Waals surface area contributed by atoms with Crippen molar-refractivity contribution in [1.82, 2.24) is 5.32 Å². The summed E-state index contributed by atoms with van der Waals surface area (Å²) in [6, 6.07) is 7.32. The summed E-state index contributed by atoms with van der Waals surface area (Å²) in [5, 5.41) is 3.48. The lowest BCUT2D eigenvalue weighted by Gasteiger charge is -2.54. The number of rotatable bonds is 2. The fourth-order valence-corrected chi connectivity index (χ4v) is 3.99. The maximum Gasteiger partial charge on any atom is 0.119 e. The Hall–Kier alpha value is -1.02. The molecule has 1 N–H and O–H groups in total. The molecule has 2 heteroatoms. The second-order valence-electron chi connectivity index (χ2n) is 5.47. The van der Waals surface area contributed by atoms with Gasteiger partial charge in [0.2, 0.25) is 0 Å². The van der Waals surface area contributed by atoms with E-state index in [0.717, 1.165) is 23.5 Å². The summed E-state index contributed by atoms with van der Waals surface area (Å²) in [6.45, 7) is 2.37. The number of fused-ring (bicyclic) bond motifs is 3. The lowest BCUT2D eigenvalue weighted by molar-refractivity contribution is 0.0718. The number of hydrogen-bond donors (Lipinski definition) is 1. The van der Waals surface area contributed by atoms with Crippen molar-refractivity contribution in [1.29, 1.82) is 0 Å². The summed E-state index contributed by atoms with van der Waals surface area (Å²) in [5.41, 5.74) is 3.08. The van der Waals surface area contributed by atoms with Crippen molar-refractivity contribution in [2.75, 3.05) is 14.2 Å². The fraction of sp³-hybridized carbons (Fsp3) is 0.600. The van der Waals surface area contributed by atoms with Crippen LogP contribution in [-0.4, -0.2) is 20.2 Å². The van der Waals surface area contributed by atoms with Crippen molar-refractivity contribution in [3.63, 3.8) is 0 Å². The minimum absolute atomic E-state index is 0.708. The number of aryl methyl sites for hydroxylation is 1. The van der Waals surface area contributed by atoms with Gasteiger partial charge >= 0.3 is 0 Å². The predicted molar refractivity (Wildman–Crippen MR) is 69.6 cm³/mol. The first-order chi connectivity index (χ1) is 8.26. The molecule has 92 valence electrons. The van der Waals surface area contributed by atoms with E-state index >= 15 is 0 Å². The van der Waals surface area contributed by atoms with E-state index in [1.165, 1.54) is 18.4 Å². The molecule has 2 aliphatic carbocycles. The third-order valence-corrected chi connectivity index (χ3v) is 4.85. The van der Waals surface area contributed by atoms with Crippen LogP contribution in [0.2, 0.25) is 0 Å². The monoisotopic (exact) mass is 231 g/mol. The first kappa shape index (κ1) is 11.1. The van der Waals surface area contributed by atoms with E-state index in [2.05, 4.69) is 37.5 Å². The van der Waals surface area contributed by atoms with Gasteiger partial charge in [-0.3, -0.25) is 0 Å². The van der Waals surface area contributed by atoms with Gasteiger partial charge in [0.25, 0.3) is 0 Å². The van der Waals surface area contributed by atoms with Crippen LogP contribution in [0, 0.1) is 11.8 Å². The zero-order chi connectivity index (χ0) is 12.0. The molecule has 0 radical (unpaired) electrons. The summed E-state index contributed by atoms with van der Waals surface area (Å²) in [5.74, 6) is 3.32. The van der Waals surface area contributed by atoms with E-state index < -0.39 is 0 Å². The molecular weight excluding hydrogens is 210 g/mol. The first-order valence-corrected chi connectivity index (χ1v) is 6.60. The highest BCUT2D eigenvalue weighted by Gasteiger charge is 2.49. The van der Waals surface area contributed by atoms with Crippen molar-refractivity contribution >= 4 is 0 Å². The molecular formula is C15H21NO. The van der Waals surface area contributed by atoms with Crippen LogP contribution in [-0.2, 0) is 6.42 Å². The Labute approximate surface area is 103 Å². The minimum atomic E-state index is 0.708. The average molecular weight is 231 g/mol. The summed E-state index contributed by atoms with van der Waals surface area (Å²) in [7, 11) is 3.85. The fourth-order valence-electron chi connectivity index (χ4n) is 3.99. The molecule has 1 aromatic rings. The van der Waals surface area contributed by atoms with Gasteiger partial charge in [-0.05, 0) is 60.9 Å². The zero-order valence-electron chi connectivity index (χ0n) is 10.9. The Morgan fingerprint density at radius 1 is 1.35 bits per heavy atom. The Balaban J connectivity index is 1.96. The summed E-state index contributed by atoms with van der Waals surface area (Å²) < 4.78 is 5.36. The molecule has 4 unspecified atom stereocenters. The van der Waals surface area contributed by atoms with Crippen molar-refractivity contribution < 1.29 is 4.74 Å². The summed E-state index contributed by atoms with van der Waals surface area (Å²) in [6.07, 6.45) is 2.56. The summed E-state index contributed by atoms with van der Waals surface area (Å²) in [4.78, 5) is 0.